The highest BCUT2D eigenvalue weighted by Gasteiger charge is 2.26. The van der Waals surface area contributed by atoms with Crippen molar-refractivity contribution < 1.29 is 23.8 Å². The van der Waals surface area contributed by atoms with E-state index in [4.69, 9.17) is 14.2 Å². The summed E-state index contributed by atoms with van der Waals surface area (Å²) in [5, 5.41) is 3.14. The summed E-state index contributed by atoms with van der Waals surface area (Å²) in [7, 11) is 1.54. The van der Waals surface area contributed by atoms with Crippen LogP contribution in [-0.4, -0.2) is 19.0 Å². The topological polar surface area (TPSA) is 73.9 Å². The molecular formula is C13H15NO5. The average Bonchev–Trinajstić information content (AvgIpc) is 2.79. The van der Waals surface area contributed by atoms with E-state index in [1.165, 1.54) is 21.0 Å². The van der Waals surface area contributed by atoms with Gasteiger partial charge in [-0.15, -0.1) is 0 Å². The lowest BCUT2D eigenvalue weighted by atomic mass is 10.1. The van der Waals surface area contributed by atoms with E-state index in [1.54, 1.807) is 6.07 Å². The molecule has 0 aliphatic carbocycles. The number of fused-ring (bicyclic) bond motifs is 1. The first kappa shape index (κ1) is 13.4. The van der Waals surface area contributed by atoms with Crippen LogP contribution in [0.1, 0.15) is 25.0 Å². The SMILES string of the molecule is COc1cc(OC(C)=O)c(OC(C)=O)c2c1CNC2. The summed E-state index contributed by atoms with van der Waals surface area (Å²) < 4.78 is 15.5. The van der Waals surface area contributed by atoms with Crippen LogP contribution < -0.4 is 19.5 Å². The molecule has 0 fully saturated rings. The molecule has 6 nitrogen and oxygen atoms in total. The van der Waals surface area contributed by atoms with Gasteiger partial charge in [-0.25, -0.2) is 0 Å². The predicted molar refractivity (Wildman–Crippen MR) is 66.2 cm³/mol. The van der Waals surface area contributed by atoms with Gasteiger partial charge in [0.15, 0.2) is 11.5 Å². The van der Waals surface area contributed by atoms with Gasteiger partial charge in [0.2, 0.25) is 0 Å². The van der Waals surface area contributed by atoms with Gasteiger partial charge >= 0.3 is 11.9 Å². The fourth-order valence-electron chi connectivity index (χ4n) is 2.07. The van der Waals surface area contributed by atoms with E-state index in [1.807, 2.05) is 0 Å². The summed E-state index contributed by atoms with van der Waals surface area (Å²) in [6.45, 7) is 3.74. The molecule has 0 aromatic heterocycles. The zero-order valence-electron chi connectivity index (χ0n) is 11.0. The smallest absolute Gasteiger partial charge is 0.308 e. The highest BCUT2D eigenvalue weighted by atomic mass is 16.6. The van der Waals surface area contributed by atoms with E-state index in [0.29, 0.717) is 18.8 Å². The normalized spacial score (nSPS) is 12.8. The Hall–Kier alpha value is -2.08. The largest absolute Gasteiger partial charge is 0.496 e. The number of hydrogen-bond acceptors (Lipinski definition) is 6. The van der Waals surface area contributed by atoms with Crippen molar-refractivity contribution in [2.75, 3.05) is 7.11 Å². The van der Waals surface area contributed by atoms with Gasteiger partial charge in [-0.1, -0.05) is 0 Å². The van der Waals surface area contributed by atoms with Crippen LogP contribution >= 0.6 is 0 Å². The average molecular weight is 265 g/mol. The molecule has 0 bridgehead atoms. The number of methoxy groups -OCH3 is 1. The van der Waals surface area contributed by atoms with Crippen molar-refractivity contribution in [1.29, 1.82) is 0 Å². The molecule has 0 saturated heterocycles. The van der Waals surface area contributed by atoms with Gasteiger partial charge in [-0.05, 0) is 0 Å². The van der Waals surface area contributed by atoms with Crippen LogP contribution in [0, 0.1) is 0 Å². The Morgan fingerprint density at radius 2 is 1.68 bits per heavy atom. The molecule has 0 radical (unpaired) electrons. The second kappa shape index (κ2) is 5.27. The van der Waals surface area contributed by atoms with Crippen molar-refractivity contribution in [2.45, 2.75) is 26.9 Å². The number of nitrogens with one attached hydrogen (secondary N) is 1. The molecule has 1 heterocycles. The molecule has 0 atom stereocenters. The fraction of sp³-hybridized carbons (Fsp3) is 0.385. The first-order valence-corrected chi connectivity index (χ1v) is 5.83. The lowest BCUT2D eigenvalue weighted by molar-refractivity contribution is -0.134. The molecular weight excluding hydrogens is 250 g/mol. The zero-order chi connectivity index (χ0) is 14.0. The second-order valence-corrected chi connectivity index (χ2v) is 4.15. The van der Waals surface area contributed by atoms with Gasteiger partial charge in [0.05, 0.1) is 7.11 Å². The van der Waals surface area contributed by atoms with Gasteiger partial charge in [-0.3, -0.25) is 9.59 Å². The molecule has 2 rings (SSSR count). The van der Waals surface area contributed by atoms with Crippen LogP contribution in [0.15, 0.2) is 6.07 Å². The molecule has 102 valence electrons. The van der Waals surface area contributed by atoms with Crippen LogP contribution in [0.4, 0.5) is 0 Å². The Morgan fingerprint density at radius 1 is 1.05 bits per heavy atom. The lowest BCUT2D eigenvalue weighted by Gasteiger charge is -2.15. The minimum atomic E-state index is -0.485. The first-order chi connectivity index (χ1) is 9.02. The Kier molecular flexibility index (Phi) is 3.71. The van der Waals surface area contributed by atoms with Crippen LogP contribution in [-0.2, 0) is 22.7 Å². The molecule has 0 unspecified atom stereocenters. The summed E-state index contributed by atoms with van der Waals surface area (Å²) in [5.74, 6) is 0.131. The minimum absolute atomic E-state index is 0.196. The minimum Gasteiger partial charge on any atom is -0.496 e. The number of carbonyl (C=O) groups excluding carboxylic acids is 2. The standard InChI is InChI=1S/C13H15NO5/c1-7(15)18-12-4-11(17-3)9-5-14-6-10(9)13(12)19-8(2)16/h4,14H,5-6H2,1-3H3. The van der Waals surface area contributed by atoms with Gasteiger partial charge < -0.3 is 19.5 Å². The molecule has 0 saturated carbocycles. The van der Waals surface area contributed by atoms with E-state index in [-0.39, 0.29) is 11.5 Å². The van der Waals surface area contributed by atoms with E-state index in [0.717, 1.165) is 11.1 Å². The molecule has 1 aliphatic heterocycles. The monoisotopic (exact) mass is 265 g/mol. The van der Waals surface area contributed by atoms with Crippen LogP contribution in [0.2, 0.25) is 0 Å². The molecule has 0 spiro atoms. The number of hydrogen-bond donors (Lipinski definition) is 1. The number of carbonyl (C=O) groups is 2. The van der Waals surface area contributed by atoms with Gasteiger partial charge in [-0.2, -0.15) is 0 Å². The zero-order valence-corrected chi connectivity index (χ0v) is 11.0. The highest BCUT2D eigenvalue weighted by Crippen LogP contribution is 2.42. The summed E-state index contributed by atoms with van der Waals surface area (Å²) >= 11 is 0. The summed E-state index contributed by atoms with van der Waals surface area (Å²) in [6, 6.07) is 1.56. The van der Waals surface area contributed by atoms with Gasteiger partial charge in [0.1, 0.15) is 5.75 Å². The predicted octanol–water partition coefficient (Wildman–Crippen LogP) is 1.15. The Balaban J connectivity index is 2.56. The molecule has 1 N–H and O–H groups in total. The quantitative estimate of drug-likeness (QED) is 0.652. The Morgan fingerprint density at radius 3 is 2.26 bits per heavy atom. The first-order valence-electron chi connectivity index (χ1n) is 5.83. The van der Waals surface area contributed by atoms with Crippen molar-refractivity contribution in [1.82, 2.24) is 5.32 Å². The second-order valence-electron chi connectivity index (χ2n) is 4.15. The van der Waals surface area contributed by atoms with Gasteiger partial charge in [0.25, 0.3) is 0 Å². The Bertz CT molecular complexity index is 538. The molecule has 1 aromatic rings. The number of esters is 2. The van der Waals surface area contributed by atoms with E-state index in [9.17, 15) is 9.59 Å². The maximum Gasteiger partial charge on any atom is 0.308 e. The summed E-state index contributed by atoms with van der Waals surface area (Å²) in [4.78, 5) is 22.3. The third kappa shape index (κ3) is 2.68. The summed E-state index contributed by atoms with van der Waals surface area (Å²) in [5.41, 5.74) is 1.69. The third-order valence-corrected chi connectivity index (χ3v) is 2.74. The number of ether oxygens (including phenoxy) is 3. The van der Waals surface area contributed by atoms with E-state index in [2.05, 4.69) is 5.32 Å². The van der Waals surface area contributed by atoms with Gasteiger partial charge in [0, 0.05) is 44.1 Å². The summed E-state index contributed by atoms with van der Waals surface area (Å²) in [6.07, 6.45) is 0. The fourth-order valence-corrected chi connectivity index (χ4v) is 2.07. The van der Waals surface area contributed by atoms with E-state index >= 15 is 0 Å². The number of rotatable bonds is 3. The highest BCUT2D eigenvalue weighted by molar-refractivity contribution is 5.76. The lowest BCUT2D eigenvalue weighted by Crippen LogP contribution is -2.10. The molecule has 19 heavy (non-hydrogen) atoms. The Labute approximate surface area is 110 Å². The molecule has 0 amide bonds. The number of benzene rings is 1. The maximum atomic E-state index is 11.2. The molecule has 1 aromatic carbocycles. The molecule has 1 aliphatic rings. The van der Waals surface area contributed by atoms with Crippen molar-refractivity contribution in [3.63, 3.8) is 0 Å². The van der Waals surface area contributed by atoms with E-state index < -0.39 is 11.9 Å². The van der Waals surface area contributed by atoms with Crippen LogP contribution in [0.25, 0.3) is 0 Å². The van der Waals surface area contributed by atoms with Crippen LogP contribution in [0.5, 0.6) is 17.2 Å². The molecule has 6 heteroatoms. The van der Waals surface area contributed by atoms with Crippen molar-refractivity contribution in [3.8, 4) is 17.2 Å². The van der Waals surface area contributed by atoms with Crippen molar-refractivity contribution >= 4 is 11.9 Å². The third-order valence-electron chi connectivity index (χ3n) is 2.74. The maximum absolute atomic E-state index is 11.2. The van der Waals surface area contributed by atoms with Crippen molar-refractivity contribution in [3.05, 3.63) is 17.2 Å². The van der Waals surface area contributed by atoms with Crippen molar-refractivity contribution in [2.24, 2.45) is 0 Å². The van der Waals surface area contributed by atoms with Crippen LogP contribution in [0.3, 0.4) is 0 Å².